The third-order valence-electron chi connectivity index (χ3n) is 15.4. The first-order valence-corrected chi connectivity index (χ1v) is 18.6. The number of aliphatic hydroxyl groups is 1. The largest absolute Gasteiger partial charge is 0.501 e. The van der Waals surface area contributed by atoms with Crippen LogP contribution in [0.15, 0.2) is 46.0 Å². The average molecular weight is 627 g/mol. The number of ketones is 1. The predicted octanol–water partition coefficient (Wildman–Crippen LogP) is 9.11. The normalized spacial score (nSPS) is 45.7. The fourth-order valence-corrected chi connectivity index (χ4v) is 12.9. The van der Waals surface area contributed by atoms with Crippen molar-refractivity contribution in [2.45, 2.75) is 123 Å². The van der Waals surface area contributed by atoms with Crippen LogP contribution in [0.2, 0.25) is 0 Å². The number of ether oxygens (including phenoxy) is 2. The van der Waals surface area contributed by atoms with E-state index >= 15 is 0 Å². The molecule has 46 heavy (non-hydrogen) atoms. The van der Waals surface area contributed by atoms with E-state index in [1.807, 2.05) is 0 Å². The van der Waals surface area contributed by atoms with Crippen molar-refractivity contribution in [1.29, 1.82) is 0 Å². The summed E-state index contributed by atoms with van der Waals surface area (Å²) < 4.78 is 11.0. The van der Waals surface area contributed by atoms with Crippen LogP contribution in [0, 0.1) is 70.5 Å². The molecule has 4 heteroatoms. The second-order valence-corrected chi connectivity index (χ2v) is 17.1. The molecule has 6 unspecified atom stereocenters. The zero-order valence-electron chi connectivity index (χ0n) is 29.4. The first kappa shape index (κ1) is 32.3. The van der Waals surface area contributed by atoms with Crippen molar-refractivity contribution in [3.8, 4) is 12.3 Å². The topological polar surface area (TPSA) is 55.8 Å². The summed E-state index contributed by atoms with van der Waals surface area (Å²) in [7, 11) is 3.58. The summed E-state index contributed by atoms with van der Waals surface area (Å²) in [5.74, 6) is 11.1. The Morgan fingerprint density at radius 2 is 1.35 bits per heavy atom. The van der Waals surface area contributed by atoms with Gasteiger partial charge in [-0.1, -0.05) is 55.9 Å². The third kappa shape index (κ3) is 4.75. The van der Waals surface area contributed by atoms with Gasteiger partial charge >= 0.3 is 0 Å². The standard InChI is InChI=1S/C22H30O2.C20H28O2/c1-5-22(23)11-9-19-20-14(2)12-15-13-16(24-4)6-7-17(15)18(20)8-10-21(19,22)3;1-12-10-13-11-14(22-3)4-5-15(13)16-8-9-20(2)17(19(12)16)6-7-18(20)21/h1,6,14,18-20,23H,7-13H2,2-4H3;4,12,16-17,19H,5-11H2,1-3H3/t14-,18?,19?,20?,21+,22+;12-,16?,17?,19?,20+/m11/s1. The molecule has 250 valence electrons. The van der Waals surface area contributed by atoms with Crippen molar-refractivity contribution in [3.63, 3.8) is 0 Å². The highest BCUT2D eigenvalue weighted by Crippen LogP contribution is 2.65. The summed E-state index contributed by atoms with van der Waals surface area (Å²) in [6.45, 7) is 9.39. The maximum absolute atomic E-state index is 12.4. The highest BCUT2D eigenvalue weighted by molar-refractivity contribution is 5.87. The number of fused-ring (bicyclic) bond motifs is 8. The summed E-state index contributed by atoms with van der Waals surface area (Å²) >= 11 is 0. The van der Waals surface area contributed by atoms with E-state index in [1.165, 1.54) is 25.7 Å². The fourth-order valence-electron chi connectivity index (χ4n) is 12.9. The van der Waals surface area contributed by atoms with Gasteiger partial charge < -0.3 is 14.6 Å². The molecular formula is C42H58O4. The minimum atomic E-state index is -0.896. The molecule has 4 fully saturated rings. The van der Waals surface area contributed by atoms with E-state index in [0.717, 1.165) is 93.5 Å². The zero-order chi connectivity index (χ0) is 32.6. The molecular weight excluding hydrogens is 568 g/mol. The first-order valence-electron chi connectivity index (χ1n) is 18.6. The number of Topliss-reactive ketones (excluding diaryl/α,β-unsaturated/α-hetero) is 1. The average Bonchev–Trinajstić information content (AvgIpc) is 3.52. The molecule has 0 heterocycles. The van der Waals surface area contributed by atoms with Gasteiger partial charge in [-0.05, 0) is 130 Å². The molecule has 0 bridgehead atoms. The number of terminal acetylenes is 1. The van der Waals surface area contributed by atoms with E-state index in [2.05, 4.69) is 45.8 Å². The third-order valence-corrected chi connectivity index (χ3v) is 15.4. The maximum atomic E-state index is 12.4. The number of hydrogen-bond acceptors (Lipinski definition) is 4. The van der Waals surface area contributed by atoms with Crippen molar-refractivity contribution in [3.05, 3.63) is 46.0 Å². The second-order valence-electron chi connectivity index (χ2n) is 17.1. The van der Waals surface area contributed by atoms with Crippen LogP contribution < -0.4 is 0 Å². The molecule has 8 aliphatic carbocycles. The van der Waals surface area contributed by atoms with Gasteiger partial charge in [0.25, 0.3) is 0 Å². The monoisotopic (exact) mass is 626 g/mol. The van der Waals surface area contributed by atoms with Gasteiger partial charge in [0.15, 0.2) is 0 Å². The SMILES string of the molecule is C#C[C@]1(O)CCC2C3C(CC[C@@]21C)C1=C(CC(OC)=CC1)C[C@H]3C.COC1=CCC2=C(C1)C[C@@H](C)C1C2CC[C@]2(C)C(=O)CCC12. The van der Waals surface area contributed by atoms with E-state index in [9.17, 15) is 9.90 Å². The van der Waals surface area contributed by atoms with Gasteiger partial charge in [-0.2, -0.15) is 0 Å². The van der Waals surface area contributed by atoms with Crippen molar-refractivity contribution in [2.75, 3.05) is 14.2 Å². The van der Waals surface area contributed by atoms with Gasteiger partial charge in [0.05, 0.1) is 25.7 Å². The van der Waals surface area contributed by atoms with Crippen LogP contribution in [0.3, 0.4) is 0 Å². The van der Waals surface area contributed by atoms with Gasteiger partial charge in [0.2, 0.25) is 0 Å². The molecule has 0 aliphatic heterocycles. The van der Waals surface area contributed by atoms with Crippen molar-refractivity contribution in [1.82, 2.24) is 0 Å². The Morgan fingerprint density at radius 3 is 1.89 bits per heavy atom. The Labute approximate surface area is 278 Å². The van der Waals surface area contributed by atoms with Gasteiger partial charge in [-0.15, -0.1) is 6.42 Å². The smallest absolute Gasteiger partial charge is 0.139 e. The molecule has 8 aliphatic rings. The minimum Gasteiger partial charge on any atom is -0.501 e. The number of hydrogen-bond donors (Lipinski definition) is 1. The van der Waals surface area contributed by atoms with E-state index in [-0.39, 0.29) is 10.8 Å². The quantitative estimate of drug-likeness (QED) is 0.245. The fraction of sp³-hybridized carbons (Fsp3) is 0.738. The van der Waals surface area contributed by atoms with Gasteiger partial charge in [-0.25, -0.2) is 0 Å². The van der Waals surface area contributed by atoms with Gasteiger partial charge in [-0.3, -0.25) is 4.79 Å². The van der Waals surface area contributed by atoms with Gasteiger partial charge in [0, 0.05) is 30.1 Å². The highest BCUT2D eigenvalue weighted by atomic mass is 16.5. The van der Waals surface area contributed by atoms with Crippen LogP contribution in [-0.2, 0) is 14.3 Å². The van der Waals surface area contributed by atoms with E-state index in [0.29, 0.717) is 35.4 Å². The lowest BCUT2D eigenvalue weighted by Gasteiger charge is -2.55. The molecule has 0 aromatic rings. The summed E-state index contributed by atoms with van der Waals surface area (Å²) in [5.41, 5.74) is 5.69. The van der Waals surface area contributed by atoms with E-state index in [1.54, 1.807) is 36.5 Å². The lowest BCUT2D eigenvalue weighted by atomic mass is 9.50. The van der Waals surface area contributed by atoms with Gasteiger partial charge in [0.1, 0.15) is 11.4 Å². The zero-order valence-corrected chi connectivity index (χ0v) is 29.4. The first-order chi connectivity index (χ1) is 22.0. The van der Waals surface area contributed by atoms with Crippen LogP contribution in [0.25, 0.3) is 0 Å². The van der Waals surface area contributed by atoms with Crippen molar-refractivity contribution in [2.24, 2.45) is 58.2 Å². The predicted molar refractivity (Wildman–Crippen MR) is 183 cm³/mol. The maximum Gasteiger partial charge on any atom is 0.139 e. The Balaban J connectivity index is 0.000000147. The number of carbonyl (C=O) groups is 1. The molecule has 4 nitrogen and oxygen atoms in total. The van der Waals surface area contributed by atoms with Crippen LogP contribution in [-0.4, -0.2) is 30.7 Å². The molecule has 0 aromatic carbocycles. The Kier molecular flexibility index (Phi) is 8.23. The van der Waals surface area contributed by atoms with Crippen LogP contribution in [0.1, 0.15) is 118 Å². The number of rotatable bonds is 2. The molecule has 1 N–H and O–H groups in total. The highest BCUT2D eigenvalue weighted by Gasteiger charge is 2.62. The lowest BCUT2D eigenvalue weighted by molar-refractivity contribution is -0.130. The van der Waals surface area contributed by atoms with Crippen molar-refractivity contribution >= 4 is 5.78 Å². The lowest BCUT2D eigenvalue weighted by Crippen LogP contribution is -2.52. The molecule has 0 radical (unpaired) electrons. The summed E-state index contributed by atoms with van der Waals surface area (Å²) in [4.78, 5) is 12.4. The number of methoxy groups -OCH3 is 2. The minimum absolute atomic E-state index is 0.00428. The summed E-state index contributed by atoms with van der Waals surface area (Å²) in [6, 6.07) is 0. The van der Waals surface area contributed by atoms with Crippen LogP contribution in [0.5, 0.6) is 0 Å². The molecule has 0 saturated heterocycles. The molecule has 0 aromatic heterocycles. The molecule has 0 spiro atoms. The summed E-state index contributed by atoms with van der Waals surface area (Å²) in [5, 5.41) is 11.1. The Morgan fingerprint density at radius 1 is 0.804 bits per heavy atom. The van der Waals surface area contributed by atoms with E-state index < -0.39 is 5.60 Å². The molecule has 8 rings (SSSR count). The molecule has 11 atom stereocenters. The van der Waals surface area contributed by atoms with E-state index in [4.69, 9.17) is 15.9 Å². The second kappa shape index (κ2) is 11.7. The summed E-state index contributed by atoms with van der Waals surface area (Å²) in [6.07, 6.45) is 25.4. The number of carbonyl (C=O) groups excluding carboxylic acids is 1. The van der Waals surface area contributed by atoms with Crippen LogP contribution in [0.4, 0.5) is 0 Å². The molecule has 0 amide bonds. The van der Waals surface area contributed by atoms with Crippen LogP contribution >= 0.6 is 0 Å². The molecule has 4 saturated carbocycles. The Hall–Kier alpha value is -2.25. The number of allylic oxidation sites excluding steroid dienone is 6. The Bertz CT molecular complexity index is 1440. The van der Waals surface area contributed by atoms with Crippen molar-refractivity contribution < 1.29 is 19.4 Å².